The van der Waals surface area contributed by atoms with Gasteiger partial charge in [-0.3, -0.25) is 0 Å². The minimum atomic E-state index is 0.584. The zero-order valence-corrected chi connectivity index (χ0v) is 15.5. The predicted octanol–water partition coefficient (Wildman–Crippen LogP) is 6.94. The van der Waals surface area contributed by atoms with Crippen molar-refractivity contribution in [3.63, 3.8) is 0 Å². The van der Waals surface area contributed by atoms with Crippen LogP contribution < -0.4 is 0 Å². The molecule has 4 rings (SSSR count). The average Bonchev–Trinajstić information content (AvgIpc) is 2.68. The molecule has 1 aliphatic rings. The highest BCUT2D eigenvalue weighted by molar-refractivity contribution is 5.83. The monoisotopic (exact) mass is 326 g/mol. The zero-order chi connectivity index (χ0) is 17.4. The van der Waals surface area contributed by atoms with Crippen LogP contribution >= 0.6 is 0 Å². The van der Waals surface area contributed by atoms with Gasteiger partial charge in [0.05, 0.1) is 0 Å². The summed E-state index contributed by atoms with van der Waals surface area (Å²) < 4.78 is 0. The van der Waals surface area contributed by atoms with E-state index < -0.39 is 0 Å². The molecule has 0 fully saturated rings. The molecule has 1 unspecified atom stereocenters. The van der Waals surface area contributed by atoms with E-state index in [4.69, 9.17) is 0 Å². The van der Waals surface area contributed by atoms with Crippen LogP contribution in [0.1, 0.15) is 48.4 Å². The first-order chi connectivity index (χ1) is 12.2. The maximum atomic E-state index is 2.36. The van der Waals surface area contributed by atoms with E-state index in [-0.39, 0.29) is 0 Å². The number of hydrogen-bond donors (Lipinski definition) is 0. The Hall–Kier alpha value is -2.34. The third kappa shape index (κ3) is 2.70. The smallest absolute Gasteiger partial charge is 0.0114 e. The molecule has 1 atom stereocenters. The second-order valence-electron chi connectivity index (χ2n) is 7.33. The molecule has 0 heteroatoms. The van der Waals surface area contributed by atoms with Crippen LogP contribution in [-0.2, 0) is 12.8 Å². The Kier molecular flexibility index (Phi) is 4.21. The first-order valence-electron chi connectivity index (χ1n) is 9.50. The Balaban J connectivity index is 2.05. The molecule has 25 heavy (non-hydrogen) atoms. The molecule has 1 aliphatic carbocycles. The predicted molar refractivity (Wildman–Crippen MR) is 108 cm³/mol. The molecular formula is C25H26. The molecule has 0 radical (unpaired) electrons. The molecular weight excluding hydrogens is 300 g/mol. The van der Waals surface area contributed by atoms with Gasteiger partial charge in [0.1, 0.15) is 0 Å². The molecule has 2 bridgehead atoms. The van der Waals surface area contributed by atoms with Crippen molar-refractivity contribution in [2.24, 2.45) is 0 Å². The molecule has 0 saturated heterocycles. The zero-order valence-electron chi connectivity index (χ0n) is 15.5. The van der Waals surface area contributed by atoms with Crippen LogP contribution in [0, 0.1) is 6.92 Å². The SMILES string of the molecule is CCC(C)c1cccc2c1-c1cccc(c1C)-c1ccccc1CC2. The Bertz CT molecular complexity index is 917. The average molecular weight is 326 g/mol. The van der Waals surface area contributed by atoms with E-state index in [0.29, 0.717) is 5.92 Å². The van der Waals surface area contributed by atoms with Crippen molar-refractivity contribution in [3.8, 4) is 22.3 Å². The Morgan fingerprint density at radius 1 is 0.760 bits per heavy atom. The van der Waals surface area contributed by atoms with Crippen molar-refractivity contribution in [2.75, 3.05) is 0 Å². The molecule has 0 amide bonds. The van der Waals surface area contributed by atoms with Gasteiger partial charge in [0, 0.05) is 0 Å². The van der Waals surface area contributed by atoms with E-state index in [9.17, 15) is 0 Å². The lowest BCUT2D eigenvalue weighted by Gasteiger charge is -2.21. The second kappa shape index (κ2) is 6.52. The van der Waals surface area contributed by atoms with Crippen molar-refractivity contribution in [1.82, 2.24) is 0 Å². The van der Waals surface area contributed by atoms with Crippen molar-refractivity contribution < 1.29 is 0 Å². The Morgan fingerprint density at radius 2 is 1.40 bits per heavy atom. The van der Waals surface area contributed by atoms with Gasteiger partial charge >= 0.3 is 0 Å². The number of rotatable bonds is 2. The third-order valence-electron chi connectivity index (χ3n) is 5.90. The Morgan fingerprint density at radius 3 is 2.24 bits per heavy atom. The summed E-state index contributed by atoms with van der Waals surface area (Å²) in [6.07, 6.45) is 3.38. The molecule has 0 aromatic heterocycles. The fourth-order valence-electron chi connectivity index (χ4n) is 4.26. The fourth-order valence-corrected chi connectivity index (χ4v) is 4.26. The summed E-state index contributed by atoms with van der Waals surface area (Å²) in [5, 5.41) is 0. The van der Waals surface area contributed by atoms with Gasteiger partial charge in [-0.15, -0.1) is 0 Å². The molecule has 0 aliphatic heterocycles. The number of benzene rings is 3. The Labute approximate surface area is 151 Å². The lowest BCUT2D eigenvalue weighted by atomic mass is 9.84. The summed E-state index contributed by atoms with van der Waals surface area (Å²) >= 11 is 0. The van der Waals surface area contributed by atoms with Gasteiger partial charge in [0.25, 0.3) is 0 Å². The van der Waals surface area contributed by atoms with Crippen LogP contribution in [0.25, 0.3) is 22.3 Å². The van der Waals surface area contributed by atoms with Crippen molar-refractivity contribution in [2.45, 2.75) is 46.0 Å². The third-order valence-corrected chi connectivity index (χ3v) is 5.90. The first-order valence-corrected chi connectivity index (χ1v) is 9.50. The van der Waals surface area contributed by atoms with Gasteiger partial charge in [-0.1, -0.05) is 74.5 Å². The van der Waals surface area contributed by atoms with E-state index in [1.165, 1.54) is 50.9 Å². The lowest BCUT2D eigenvalue weighted by molar-refractivity contribution is 0.733. The van der Waals surface area contributed by atoms with Gasteiger partial charge in [-0.2, -0.15) is 0 Å². The van der Waals surface area contributed by atoms with Crippen molar-refractivity contribution in [3.05, 3.63) is 82.9 Å². The quantitative estimate of drug-likeness (QED) is 0.478. The normalized spacial score (nSPS) is 13.9. The summed E-state index contributed by atoms with van der Waals surface area (Å²) in [7, 11) is 0. The summed E-state index contributed by atoms with van der Waals surface area (Å²) in [6.45, 7) is 6.94. The molecule has 126 valence electrons. The standard InChI is InChI=1S/C25H26/c1-4-17(2)21-12-7-10-20-16-15-19-9-5-6-11-24(19)22-13-8-14-23(18(22)3)25(20)21/h5-14,17H,4,15-16H2,1-3H3. The maximum Gasteiger partial charge on any atom is -0.0114 e. The summed E-state index contributed by atoms with van der Waals surface area (Å²) in [5.74, 6) is 0.584. The largest absolute Gasteiger partial charge is 0.0648 e. The number of aryl methyl sites for hydroxylation is 2. The van der Waals surface area contributed by atoms with Gasteiger partial charge in [-0.05, 0) is 76.6 Å². The minimum Gasteiger partial charge on any atom is -0.0648 e. The molecule has 3 aromatic rings. The van der Waals surface area contributed by atoms with Crippen LogP contribution in [0.5, 0.6) is 0 Å². The molecule has 0 N–H and O–H groups in total. The van der Waals surface area contributed by atoms with Gasteiger partial charge in [0.15, 0.2) is 0 Å². The van der Waals surface area contributed by atoms with E-state index in [2.05, 4.69) is 81.4 Å². The minimum absolute atomic E-state index is 0.584. The molecule has 0 saturated carbocycles. The van der Waals surface area contributed by atoms with Crippen LogP contribution in [0.2, 0.25) is 0 Å². The highest BCUT2D eigenvalue weighted by Crippen LogP contribution is 2.41. The topological polar surface area (TPSA) is 0 Å². The van der Waals surface area contributed by atoms with Gasteiger partial charge in [-0.25, -0.2) is 0 Å². The van der Waals surface area contributed by atoms with Crippen LogP contribution in [0.4, 0.5) is 0 Å². The van der Waals surface area contributed by atoms with Crippen LogP contribution in [0.15, 0.2) is 60.7 Å². The maximum absolute atomic E-state index is 2.36. The van der Waals surface area contributed by atoms with Gasteiger partial charge < -0.3 is 0 Å². The first kappa shape index (κ1) is 16.1. The van der Waals surface area contributed by atoms with Crippen molar-refractivity contribution >= 4 is 0 Å². The van der Waals surface area contributed by atoms with E-state index in [0.717, 1.165) is 12.8 Å². The number of fused-ring (bicyclic) bond motifs is 6. The highest BCUT2D eigenvalue weighted by atomic mass is 14.2. The lowest BCUT2D eigenvalue weighted by Crippen LogP contribution is -2.01. The van der Waals surface area contributed by atoms with Crippen LogP contribution in [-0.4, -0.2) is 0 Å². The van der Waals surface area contributed by atoms with E-state index in [1.54, 1.807) is 0 Å². The van der Waals surface area contributed by atoms with E-state index >= 15 is 0 Å². The molecule has 0 nitrogen and oxygen atoms in total. The molecule has 3 aromatic carbocycles. The summed E-state index contributed by atoms with van der Waals surface area (Å²) in [4.78, 5) is 0. The summed E-state index contributed by atoms with van der Waals surface area (Å²) in [6, 6.07) is 22.7. The summed E-state index contributed by atoms with van der Waals surface area (Å²) in [5.41, 5.74) is 11.6. The molecule has 0 spiro atoms. The van der Waals surface area contributed by atoms with Crippen LogP contribution in [0.3, 0.4) is 0 Å². The van der Waals surface area contributed by atoms with Gasteiger partial charge in [0.2, 0.25) is 0 Å². The fraction of sp³-hybridized carbons (Fsp3) is 0.280. The van der Waals surface area contributed by atoms with E-state index in [1.807, 2.05) is 0 Å². The second-order valence-corrected chi connectivity index (χ2v) is 7.33. The highest BCUT2D eigenvalue weighted by Gasteiger charge is 2.20. The van der Waals surface area contributed by atoms with Crippen molar-refractivity contribution in [1.29, 1.82) is 0 Å². The number of hydrogen-bond acceptors (Lipinski definition) is 0. The molecule has 0 heterocycles.